The molecule has 0 aliphatic heterocycles. The quantitative estimate of drug-likeness (QED) is 0.740. The maximum absolute atomic E-state index is 9.69. The minimum Gasteiger partial charge on any atom is -0.390 e. The SMILES string of the molecule is CCNC(C)c1cccc(SCCC(C)(C)O)c1. The van der Waals surface area contributed by atoms with Crippen LogP contribution in [0.25, 0.3) is 0 Å². The molecule has 1 rings (SSSR count). The Hall–Kier alpha value is -0.510. The standard InChI is InChI=1S/C15H25NOS/c1-5-16-12(2)13-7-6-8-14(11-13)18-10-9-15(3,4)17/h6-8,11-12,16-17H,5,9-10H2,1-4H3. The molecule has 0 fully saturated rings. The van der Waals surface area contributed by atoms with Gasteiger partial charge in [-0.25, -0.2) is 0 Å². The van der Waals surface area contributed by atoms with Gasteiger partial charge in [-0.2, -0.15) is 0 Å². The molecule has 18 heavy (non-hydrogen) atoms. The molecule has 2 nitrogen and oxygen atoms in total. The monoisotopic (exact) mass is 267 g/mol. The van der Waals surface area contributed by atoms with Crippen molar-refractivity contribution in [2.75, 3.05) is 12.3 Å². The average molecular weight is 267 g/mol. The van der Waals surface area contributed by atoms with Gasteiger partial charge in [0, 0.05) is 16.7 Å². The van der Waals surface area contributed by atoms with E-state index in [1.807, 2.05) is 25.6 Å². The first-order chi connectivity index (χ1) is 8.42. The van der Waals surface area contributed by atoms with Gasteiger partial charge in [-0.15, -0.1) is 11.8 Å². The zero-order valence-electron chi connectivity index (χ0n) is 11.9. The summed E-state index contributed by atoms with van der Waals surface area (Å²) in [5.74, 6) is 0.947. The lowest BCUT2D eigenvalue weighted by atomic mass is 10.1. The van der Waals surface area contributed by atoms with Gasteiger partial charge in [0.2, 0.25) is 0 Å². The van der Waals surface area contributed by atoms with Crippen LogP contribution in [-0.4, -0.2) is 23.0 Å². The Labute approximate surface area is 115 Å². The van der Waals surface area contributed by atoms with Gasteiger partial charge >= 0.3 is 0 Å². The number of nitrogens with one attached hydrogen (secondary N) is 1. The lowest BCUT2D eigenvalue weighted by molar-refractivity contribution is 0.0778. The first-order valence-electron chi connectivity index (χ1n) is 6.61. The summed E-state index contributed by atoms with van der Waals surface area (Å²) in [5.41, 5.74) is 0.756. The predicted molar refractivity (Wildman–Crippen MR) is 80.2 cm³/mol. The maximum Gasteiger partial charge on any atom is 0.0599 e. The lowest BCUT2D eigenvalue weighted by Gasteiger charge is -2.17. The fourth-order valence-electron chi connectivity index (χ4n) is 1.72. The first kappa shape index (κ1) is 15.5. The van der Waals surface area contributed by atoms with E-state index in [1.54, 1.807) is 0 Å². The Balaban J connectivity index is 2.54. The molecule has 1 unspecified atom stereocenters. The summed E-state index contributed by atoms with van der Waals surface area (Å²) < 4.78 is 0. The van der Waals surface area contributed by atoms with E-state index < -0.39 is 5.60 Å². The normalized spacial score (nSPS) is 13.6. The molecule has 0 bridgehead atoms. The first-order valence-corrected chi connectivity index (χ1v) is 7.59. The molecule has 1 aromatic rings. The fourth-order valence-corrected chi connectivity index (χ4v) is 2.95. The minimum absolute atomic E-state index is 0.393. The largest absolute Gasteiger partial charge is 0.390 e. The maximum atomic E-state index is 9.69. The molecule has 0 saturated heterocycles. The van der Waals surface area contributed by atoms with Gasteiger partial charge in [-0.3, -0.25) is 0 Å². The van der Waals surface area contributed by atoms with Crippen LogP contribution < -0.4 is 5.32 Å². The van der Waals surface area contributed by atoms with Gasteiger partial charge in [0.15, 0.2) is 0 Å². The predicted octanol–water partition coefficient (Wildman–Crippen LogP) is 3.61. The van der Waals surface area contributed by atoms with E-state index in [4.69, 9.17) is 0 Å². The number of rotatable bonds is 7. The lowest BCUT2D eigenvalue weighted by Crippen LogP contribution is -2.19. The molecular formula is C15H25NOS. The van der Waals surface area contributed by atoms with Crippen molar-refractivity contribution < 1.29 is 5.11 Å². The van der Waals surface area contributed by atoms with Crippen molar-refractivity contribution in [3.63, 3.8) is 0 Å². The Kier molecular flexibility index (Phi) is 6.19. The van der Waals surface area contributed by atoms with Crippen LogP contribution in [0.5, 0.6) is 0 Å². The number of aliphatic hydroxyl groups is 1. The van der Waals surface area contributed by atoms with Crippen LogP contribution >= 0.6 is 11.8 Å². The van der Waals surface area contributed by atoms with Gasteiger partial charge in [0.05, 0.1) is 5.60 Å². The molecule has 0 amide bonds. The summed E-state index contributed by atoms with van der Waals surface area (Å²) >= 11 is 1.81. The highest BCUT2D eigenvalue weighted by atomic mass is 32.2. The Bertz CT molecular complexity index is 360. The van der Waals surface area contributed by atoms with Gasteiger partial charge in [-0.05, 0) is 51.4 Å². The van der Waals surface area contributed by atoms with Crippen molar-refractivity contribution >= 4 is 11.8 Å². The van der Waals surface area contributed by atoms with Crippen LogP contribution in [0, 0.1) is 0 Å². The van der Waals surface area contributed by atoms with Crippen LogP contribution in [0.15, 0.2) is 29.2 Å². The van der Waals surface area contributed by atoms with Gasteiger partial charge in [-0.1, -0.05) is 19.1 Å². The molecule has 0 aliphatic carbocycles. The molecule has 0 aromatic heterocycles. The summed E-state index contributed by atoms with van der Waals surface area (Å²) in [5, 5.41) is 13.1. The number of benzene rings is 1. The number of hydrogen-bond donors (Lipinski definition) is 2. The summed E-state index contributed by atoms with van der Waals surface area (Å²) in [6.07, 6.45) is 0.810. The van der Waals surface area contributed by atoms with Crippen molar-refractivity contribution in [2.45, 2.75) is 50.7 Å². The molecular weight excluding hydrogens is 242 g/mol. The molecule has 0 radical (unpaired) electrons. The van der Waals surface area contributed by atoms with Crippen LogP contribution in [0.3, 0.4) is 0 Å². The molecule has 0 saturated carbocycles. The van der Waals surface area contributed by atoms with Crippen LogP contribution in [-0.2, 0) is 0 Å². The van der Waals surface area contributed by atoms with Gasteiger partial charge < -0.3 is 10.4 Å². The van der Waals surface area contributed by atoms with Crippen LogP contribution in [0.1, 0.15) is 45.7 Å². The topological polar surface area (TPSA) is 32.3 Å². The summed E-state index contributed by atoms with van der Waals surface area (Å²) in [7, 11) is 0. The Morgan fingerprint density at radius 1 is 1.39 bits per heavy atom. The second-order valence-electron chi connectivity index (χ2n) is 5.26. The third-order valence-corrected chi connectivity index (χ3v) is 3.85. The van der Waals surface area contributed by atoms with E-state index in [2.05, 4.69) is 43.4 Å². The summed E-state index contributed by atoms with van der Waals surface area (Å²) in [6.45, 7) is 9.01. The molecule has 2 N–H and O–H groups in total. The third-order valence-electron chi connectivity index (χ3n) is 2.85. The smallest absolute Gasteiger partial charge is 0.0599 e. The van der Waals surface area contributed by atoms with Gasteiger partial charge in [0.1, 0.15) is 0 Å². The zero-order valence-corrected chi connectivity index (χ0v) is 12.7. The molecule has 102 valence electrons. The second-order valence-corrected chi connectivity index (χ2v) is 6.43. The Morgan fingerprint density at radius 2 is 2.11 bits per heavy atom. The van der Waals surface area contributed by atoms with Crippen molar-refractivity contribution in [1.82, 2.24) is 5.32 Å². The molecule has 0 heterocycles. The van der Waals surface area contributed by atoms with Crippen molar-refractivity contribution in [2.24, 2.45) is 0 Å². The molecule has 0 aliphatic rings. The highest BCUT2D eigenvalue weighted by Gasteiger charge is 2.12. The van der Waals surface area contributed by atoms with Gasteiger partial charge in [0.25, 0.3) is 0 Å². The highest BCUT2D eigenvalue weighted by Crippen LogP contribution is 2.24. The number of thioether (sulfide) groups is 1. The molecule has 0 spiro atoms. The van der Waals surface area contributed by atoms with E-state index >= 15 is 0 Å². The number of hydrogen-bond acceptors (Lipinski definition) is 3. The van der Waals surface area contributed by atoms with Crippen molar-refractivity contribution in [1.29, 1.82) is 0 Å². The van der Waals surface area contributed by atoms with E-state index in [1.165, 1.54) is 10.5 Å². The summed E-state index contributed by atoms with van der Waals surface area (Å²) in [4.78, 5) is 1.28. The fraction of sp³-hybridized carbons (Fsp3) is 0.600. The summed E-state index contributed by atoms with van der Waals surface area (Å²) in [6, 6.07) is 9.03. The van der Waals surface area contributed by atoms with Crippen molar-refractivity contribution in [3.05, 3.63) is 29.8 Å². The molecule has 1 atom stereocenters. The minimum atomic E-state index is -0.568. The second kappa shape index (κ2) is 7.17. The van der Waals surface area contributed by atoms with E-state index in [-0.39, 0.29) is 0 Å². The van der Waals surface area contributed by atoms with Crippen molar-refractivity contribution in [3.8, 4) is 0 Å². The highest BCUT2D eigenvalue weighted by molar-refractivity contribution is 7.99. The molecule has 3 heteroatoms. The van der Waals surface area contributed by atoms with E-state index in [0.717, 1.165) is 18.7 Å². The third kappa shape index (κ3) is 5.89. The zero-order chi connectivity index (χ0) is 13.6. The molecule has 1 aromatic carbocycles. The van der Waals surface area contributed by atoms with E-state index in [0.29, 0.717) is 6.04 Å². The Morgan fingerprint density at radius 3 is 2.72 bits per heavy atom. The van der Waals surface area contributed by atoms with E-state index in [9.17, 15) is 5.11 Å². The average Bonchev–Trinajstić information content (AvgIpc) is 2.28. The van der Waals surface area contributed by atoms with Crippen LogP contribution in [0.4, 0.5) is 0 Å². The van der Waals surface area contributed by atoms with Crippen LogP contribution in [0.2, 0.25) is 0 Å².